The van der Waals surface area contributed by atoms with Crippen LogP contribution in [0.1, 0.15) is 33.9 Å². The summed E-state index contributed by atoms with van der Waals surface area (Å²) in [6, 6.07) is 6.22. The Morgan fingerprint density at radius 1 is 1.30 bits per heavy atom. The third kappa shape index (κ3) is 6.95. The highest BCUT2D eigenvalue weighted by molar-refractivity contribution is 9.10. The lowest BCUT2D eigenvalue weighted by Gasteiger charge is -2.28. The van der Waals surface area contributed by atoms with Crippen LogP contribution in [0.3, 0.4) is 0 Å². The lowest BCUT2D eigenvalue weighted by atomic mass is 9.98. The molecule has 1 aliphatic heterocycles. The molecule has 1 fully saturated rings. The number of carbonyl (C=O) groups is 1. The van der Waals surface area contributed by atoms with Crippen LogP contribution in [0.25, 0.3) is 0 Å². The van der Waals surface area contributed by atoms with Crippen LogP contribution in [0.4, 0.5) is 4.39 Å². The van der Waals surface area contributed by atoms with Gasteiger partial charge in [0, 0.05) is 16.7 Å². The van der Waals surface area contributed by atoms with Crippen LogP contribution in [-0.4, -0.2) is 62.1 Å². The number of halogens is 2. The van der Waals surface area contributed by atoms with E-state index >= 15 is 4.39 Å². The Labute approximate surface area is 220 Å². The van der Waals surface area contributed by atoms with Crippen molar-refractivity contribution < 1.29 is 37.7 Å². The highest BCUT2D eigenvalue weighted by atomic mass is 79.9. The minimum Gasteiger partial charge on any atom is -0.462 e. The number of hydrogen-bond acceptors (Lipinski definition) is 9. The second-order valence-electron chi connectivity index (χ2n) is 8.75. The molecule has 1 aromatic heterocycles. The van der Waals surface area contributed by atoms with Gasteiger partial charge in [0.25, 0.3) is 5.56 Å². The second-order valence-corrected chi connectivity index (χ2v) is 10.8. The van der Waals surface area contributed by atoms with Crippen molar-refractivity contribution in [3.8, 4) is 5.75 Å². The minimum absolute atomic E-state index is 0.233. The van der Waals surface area contributed by atoms with Gasteiger partial charge in [-0.2, -0.15) is 0 Å². The normalized spacial score (nSPS) is 25.3. The number of alkyl halides is 1. The number of nitrogens with one attached hydrogen (secondary N) is 1. The van der Waals surface area contributed by atoms with E-state index < -0.39 is 68.3 Å². The van der Waals surface area contributed by atoms with Crippen LogP contribution in [0.2, 0.25) is 0 Å². The molecule has 0 saturated carbocycles. The van der Waals surface area contributed by atoms with Crippen LogP contribution < -0.4 is 15.8 Å². The number of carbonyl (C=O) groups excluding carboxylic acids is 1. The summed E-state index contributed by atoms with van der Waals surface area (Å²) in [5.74, 6) is -0.523. The van der Waals surface area contributed by atoms with Gasteiger partial charge in [-0.05, 0) is 52.0 Å². The maximum Gasteiger partial charge on any atom is 0.331 e. The fraction of sp³-hybridized carbons (Fsp3) is 0.500. The van der Waals surface area contributed by atoms with Gasteiger partial charge in [0.1, 0.15) is 24.0 Å². The van der Waals surface area contributed by atoms with Crippen LogP contribution in [0.5, 0.6) is 5.75 Å². The summed E-state index contributed by atoms with van der Waals surface area (Å²) in [7, 11) is -3.27. The molecule has 2 N–H and O–H groups in total. The number of aliphatic hydroxyl groups excluding tert-OH is 1. The maximum absolute atomic E-state index is 15.5. The van der Waals surface area contributed by atoms with Gasteiger partial charge in [-0.15, -0.1) is 0 Å². The molecule has 1 aromatic carbocycles. The van der Waals surface area contributed by atoms with E-state index in [0.29, 0.717) is 0 Å². The van der Waals surface area contributed by atoms with E-state index in [4.69, 9.17) is 18.8 Å². The third-order valence-corrected chi connectivity index (χ3v) is 7.26. The van der Waals surface area contributed by atoms with Gasteiger partial charge in [-0.1, -0.05) is 20.8 Å². The smallest absolute Gasteiger partial charge is 0.331 e. The zero-order valence-corrected chi connectivity index (χ0v) is 23.0. The quantitative estimate of drug-likeness (QED) is 0.234. The second kappa shape index (κ2) is 12.0. The van der Waals surface area contributed by atoms with Gasteiger partial charge >= 0.3 is 19.8 Å². The van der Waals surface area contributed by atoms with Gasteiger partial charge in [-0.25, -0.2) is 9.18 Å². The Kier molecular flexibility index (Phi) is 9.48. The van der Waals surface area contributed by atoms with Gasteiger partial charge in [0.15, 0.2) is 11.9 Å². The number of benzene rings is 1. The Balaban J connectivity index is 1.80. The third-order valence-electron chi connectivity index (χ3n) is 5.44. The van der Waals surface area contributed by atoms with Crippen LogP contribution in [0, 0.1) is 0 Å². The van der Waals surface area contributed by atoms with Crippen molar-refractivity contribution in [1.82, 2.24) is 14.4 Å². The van der Waals surface area contributed by atoms with E-state index in [1.807, 2.05) is 4.98 Å². The monoisotopic (exact) mass is 607 g/mol. The van der Waals surface area contributed by atoms with E-state index in [1.165, 1.54) is 6.92 Å². The molecule has 1 saturated heterocycles. The van der Waals surface area contributed by atoms with Gasteiger partial charge in [0.2, 0.25) is 0 Å². The van der Waals surface area contributed by atoms with Crippen LogP contribution in [0.15, 0.2) is 50.6 Å². The number of hydrogen-bond donors (Lipinski definition) is 2. The molecule has 0 spiro atoms. The number of nitrogens with zero attached hydrogens (tertiary/aromatic N) is 2. The molecule has 6 atom stereocenters. The van der Waals surface area contributed by atoms with Crippen molar-refractivity contribution in [2.75, 3.05) is 6.61 Å². The van der Waals surface area contributed by atoms with Gasteiger partial charge < -0.3 is 19.1 Å². The Morgan fingerprint density at radius 3 is 2.54 bits per heavy atom. The highest BCUT2D eigenvalue weighted by Gasteiger charge is 2.55. The number of aromatic amines is 1. The zero-order valence-electron chi connectivity index (χ0n) is 20.4. The van der Waals surface area contributed by atoms with Crippen molar-refractivity contribution >= 4 is 30.1 Å². The van der Waals surface area contributed by atoms with Crippen molar-refractivity contribution in [2.45, 2.75) is 63.9 Å². The lowest BCUT2D eigenvalue weighted by molar-refractivity contribution is -0.183. The van der Waals surface area contributed by atoms with Crippen molar-refractivity contribution in [3.63, 3.8) is 0 Å². The standard InChI is InChI=1S/C22H28BrFN3O9P/c1-12(2)34-19(30)13(3)27(37(32)36-15-7-5-14(23)6-8-15)33-11-16-18(29)22(4,24)20(35-16)26-10-9-17(28)25-21(26)31/h5-10,12-13,16,18,20,29,37H,11H2,1-4H3,(H,25,28,31)/t13?,16-,18-,20-,22-/m1/s1. The molecular weight excluding hydrogens is 580 g/mol. The molecule has 12 nitrogen and oxygen atoms in total. The van der Waals surface area contributed by atoms with E-state index in [2.05, 4.69) is 15.9 Å². The number of esters is 1. The fourth-order valence-electron chi connectivity index (χ4n) is 3.51. The number of aromatic nitrogens is 2. The van der Waals surface area contributed by atoms with Crippen LogP contribution >= 0.6 is 24.1 Å². The van der Waals surface area contributed by atoms with Gasteiger partial charge in [0.05, 0.1) is 12.7 Å². The molecule has 0 amide bonds. The Hall–Kier alpha value is -2.35. The average molecular weight is 608 g/mol. The summed E-state index contributed by atoms with van der Waals surface area (Å²) in [6.45, 7) is 5.13. The molecule has 1 aliphatic rings. The van der Waals surface area contributed by atoms with E-state index in [-0.39, 0.29) is 5.75 Å². The zero-order chi connectivity index (χ0) is 27.5. The largest absolute Gasteiger partial charge is 0.462 e. The fourth-order valence-corrected chi connectivity index (χ4v) is 4.81. The Bertz CT molecular complexity index is 1240. The molecule has 0 radical (unpaired) electrons. The van der Waals surface area contributed by atoms with E-state index in [0.717, 1.165) is 33.1 Å². The first-order valence-electron chi connectivity index (χ1n) is 11.2. The molecule has 0 bridgehead atoms. The van der Waals surface area contributed by atoms with Crippen molar-refractivity contribution in [1.29, 1.82) is 0 Å². The molecule has 0 aliphatic carbocycles. The lowest BCUT2D eigenvalue weighted by Crippen LogP contribution is -2.44. The van der Waals surface area contributed by atoms with Crippen LogP contribution in [-0.2, 0) is 23.7 Å². The van der Waals surface area contributed by atoms with Crippen molar-refractivity contribution in [3.05, 3.63) is 61.8 Å². The first kappa shape index (κ1) is 29.2. The summed E-state index contributed by atoms with van der Waals surface area (Å²) in [5.41, 5.74) is -4.09. The molecular formula is C22H28BrFN3O9P. The molecule has 37 heavy (non-hydrogen) atoms. The van der Waals surface area contributed by atoms with E-state index in [9.17, 15) is 24.1 Å². The number of rotatable bonds is 10. The molecule has 15 heteroatoms. The summed E-state index contributed by atoms with van der Waals surface area (Å²) >= 11 is 3.28. The number of H-pyrrole nitrogens is 1. The predicted molar refractivity (Wildman–Crippen MR) is 133 cm³/mol. The minimum atomic E-state index is -3.27. The maximum atomic E-state index is 15.5. The molecule has 3 rings (SSSR count). The number of aliphatic hydroxyl groups is 1. The van der Waals surface area contributed by atoms with Crippen molar-refractivity contribution in [2.24, 2.45) is 0 Å². The molecule has 2 unspecified atom stereocenters. The molecule has 2 heterocycles. The first-order chi connectivity index (χ1) is 17.3. The first-order valence-corrected chi connectivity index (χ1v) is 13.3. The highest BCUT2D eigenvalue weighted by Crippen LogP contribution is 2.41. The SMILES string of the molecule is CC(C)OC(=O)C(C)N(OC[C@H]1O[C@@H](n2ccc(=O)[nH]c2=O)[C@](C)(F)[C@@H]1O)[PH](=O)Oc1ccc(Br)cc1. The average Bonchev–Trinajstić information content (AvgIpc) is 3.03. The summed E-state index contributed by atoms with van der Waals surface area (Å²) < 4.78 is 46.3. The number of hydroxylamine groups is 1. The van der Waals surface area contributed by atoms with E-state index in [1.54, 1.807) is 38.1 Å². The molecule has 2 aromatic rings. The summed E-state index contributed by atoms with van der Waals surface area (Å²) in [4.78, 5) is 44.4. The summed E-state index contributed by atoms with van der Waals surface area (Å²) in [5, 5.41) is 10.6. The topological polar surface area (TPSA) is 149 Å². The van der Waals surface area contributed by atoms with Gasteiger partial charge in [-0.3, -0.25) is 28.5 Å². The Morgan fingerprint density at radius 2 is 1.95 bits per heavy atom. The number of ether oxygens (including phenoxy) is 2. The summed E-state index contributed by atoms with van der Waals surface area (Å²) in [6.07, 6.45) is -4.16. The predicted octanol–water partition coefficient (Wildman–Crippen LogP) is 2.33. The molecule has 204 valence electrons.